The van der Waals surface area contributed by atoms with Crippen molar-refractivity contribution < 1.29 is 13.9 Å². The molecule has 1 atom stereocenters. The molecule has 2 rings (SSSR count). The van der Waals surface area contributed by atoms with Crippen molar-refractivity contribution in [2.24, 2.45) is 4.99 Å². The summed E-state index contributed by atoms with van der Waals surface area (Å²) in [5, 5.41) is 0. The van der Waals surface area contributed by atoms with Crippen molar-refractivity contribution in [3.05, 3.63) is 71.7 Å². The standard InChI is InChI=1S/C20H22FNO2/c1-14(18(21)19(23-3)20(22-2)24-4)16-11-8-12-17(13-16)15-9-6-5-7-10-15/h5-14H,1-4H3. The molecule has 24 heavy (non-hydrogen) atoms. The summed E-state index contributed by atoms with van der Waals surface area (Å²) in [6, 6.07) is 17.8. The molecule has 3 nitrogen and oxygen atoms in total. The monoisotopic (exact) mass is 327 g/mol. The summed E-state index contributed by atoms with van der Waals surface area (Å²) in [5.74, 6) is -0.723. The first-order valence-electron chi connectivity index (χ1n) is 7.72. The number of hydrogen-bond acceptors (Lipinski definition) is 3. The second-order valence-corrected chi connectivity index (χ2v) is 5.33. The molecule has 2 aromatic rings. The van der Waals surface area contributed by atoms with Crippen LogP contribution in [0.4, 0.5) is 4.39 Å². The molecule has 0 aromatic heterocycles. The highest BCUT2D eigenvalue weighted by Gasteiger charge is 2.21. The summed E-state index contributed by atoms with van der Waals surface area (Å²) in [6.07, 6.45) is 0. The van der Waals surface area contributed by atoms with Crippen molar-refractivity contribution in [2.75, 3.05) is 21.3 Å². The molecule has 0 N–H and O–H groups in total. The maximum atomic E-state index is 14.9. The quantitative estimate of drug-likeness (QED) is 0.441. The van der Waals surface area contributed by atoms with E-state index in [9.17, 15) is 4.39 Å². The summed E-state index contributed by atoms with van der Waals surface area (Å²) < 4.78 is 25.1. The SMILES string of the molecule is CN=C(OC)C(OC)=C(F)C(C)c1cccc(-c2ccccc2)c1. The van der Waals surface area contributed by atoms with E-state index in [0.717, 1.165) is 16.7 Å². The highest BCUT2D eigenvalue weighted by Crippen LogP contribution is 2.31. The molecular weight excluding hydrogens is 305 g/mol. The van der Waals surface area contributed by atoms with Crippen LogP contribution in [-0.4, -0.2) is 27.2 Å². The van der Waals surface area contributed by atoms with Gasteiger partial charge in [-0.05, 0) is 16.7 Å². The number of allylic oxidation sites excluding steroid dienone is 1. The van der Waals surface area contributed by atoms with Crippen LogP contribution < -0.4 is 0 Å². The van der Waals surface area contributed by atoms with E-state index in [2.05, 4.69) is 4.99 Å². The Balaban J connectivity index is 2.41. The largest absolute Gasteiger partial charge is 0.489 e. The van der Waals surface area contributed by atoms with Crippen molar-refractivity contribution >= 4 is 5.90 Å². The Hall–Kier alpha value is -2.62. The van der Waals surface area contributed by atoms with Gasteiger partial charge in [-0.2, -0.15) is 0 Å². The van der Waals surface area contributed by atoms with E-state index >= 15 is 0 Å². The molecule has 126 valence electrons. The first kappa shape index (κ1) is 17.7. The average molecular weight is 327 g/mol. The predicted molar refractivity (Wildman–Crippen MR) is 95.8 cm³/mol. The molecule has 0 heterocycles. The van der Waals surface area contributed by atoms with Gasteiger partial charge in [0.2, 0.25) is 5.76 Å². The molecule has 0 bridgehead atoms. The van der Waals surface area contributed by atoms with E-state index < -0.39 is 11.7 Å². The molecule has 0 aliphatic rings. The minimum Gasteiger partial charge on any atom is -0.489 e. The van der Waals surface area contributed by atoms with Crippen LogP contribution in [-0.2, 0) is 9.47 Å². The first-order valence-corrected chi connectivity index (χ1v) is 7.72. The minimum atomic E-state index is -0.476. The van der Waals surface area contributed by atoms with E-state index in [1.807, 2.05) is 54.6 Å². The number of ether oxygens (including phenoxy) is 2. The Morgan fingerprint density at radius 2 is 1.62 bits per heavy atom. The van der Waals surface area contributed by atoms with Gasteiger partial charge < -0.3 is 9.47 Å². The average Bonchev–Trinajstić information content (AvgIpc) is 2.65. The normalized spacial score (nSPS) is 14.0. The lowest BCUT2D eigenvalue weighted by Crippen LogP contribution is -2.11. The molecular formula is C20H22FNO2. The third-order valence-electron chi connectivity index (χ3n) is 3.89. The summed E-state index contributed by atoms with van der Waals surface area (Å²) in [7, 11) is 4.38. The lowest BCUT2D eigenvalue weighted by Gasteiger charge is -2.16. The van der Waals surface area contributed by atoms with Crippen LogP contribution in [0.15, 0.2) is 71.2 Å². The number of rotatable bonds is 5. The second-order valence-electron chi connectivity index (χ2n) is 5.33. The lowest BCUT2D eigenvalue weighted by atomic mass is 9.95. The highest BCUT2D eigenvalue weighted by atomic mass is 19.1. The number of methoxy groups -OCH3 is 2. The smallest absolute Gasteiger partial charge is 0.254 e. The van der Waals surface area contributed by atoms with Crippen molar-refractivity contribution in [1.82, 2.24) is 0 Å². The fourth-order valence-corrected chi connectivity index (χ4v) is 2.53. The summed E-state index contributed by atoms with van der Waals surface area (Å²) in [5.41, 5.74) is 2.99. The molecule has 0 aliphatic heterocycles. The molecule has 0 spiro atoms. The van der Waals surface area contributed by atoms with E-state index in [1.165, 1.54) is 21.3 Å². The van der Waals surface area contributed by atoms with Gasteiger partial charge in [0.25, 0.3) is 5.90 Å². The van der Waals surface area contributed by atoms with Gasteiger partial charge in [-0.15, -0.1) is 0 Å². The maximum absolute atomic E-state index is 14.9. The van der Waals surface area contributed by atoms with Crippen molar-refractivity contribution in [2.45, 2.75) is 12.8 Å². The summed E-state index contributed by atoms with van der Waals surface area (Å²) >= 11 is 0. The molecule has 4 heteroatoms. The van der Waals surface area contributed by atoms with Crippen molar-refractivity contribution in [3.63, 3.8) is 0 Å². The van der Waals surface area contributed by atoms with E-state index in [4.69, 9.17) is 9.47 Å². The number of halogens is 1. The summed E-state index contributed by atoms with van der Waals surface area (Å²) in [6.45, 7) is 1.79. The molecule has 0 saturated heterocycles. The van der Waals surface area contributed by atoms with Gasteiger partial charge in [0, 0.05) is 13.0 Å². The topological polar surface area (TPSA) is 30.8 Å². The zero-order chi connectivity index (χ0) is 17.5. The van der Waals surface area contributed by atoms with Crippen LogP contribution in [0, 0.1) is 0 Å². The van der Waals surface area contributed by atoms with E-state index in [-0.39, 0.29) is 11.7 Å². The Morgan fingerprint density at radius 3 is 2.21 bits per heavy atom. The van der Waals surface area contributed by atoms with E-state index in [1.54, 1.807) is 6.92 Å². The number of aliphatic imine (C=N–C) groups is 1. The van der Waals surface area contributed by atoms with Crippen LogP contribution in [0.25, 0.3) is 11.1 Å². The van der Waals surface area contributed by atoms with Gasteiger partial charge in [-0.1, -0.05) is 61.5 Å². The lowest BCUT2D eigenvalue weighted by molar-refractivity contribution is 0.267. The Kier molecular flexibility index (Phi) is 6.13. The minimum absolute atomic E-state index is 0.0256. The van der Waals surface area contributed by atoms with Gasteiger partial charge in [0.05, 0.1) is 14.2 Å². The molecule has 0 fully saturated rings. The Bertz CT molecular complexity index is 738. The Labute approximate surface area is 142 Å². The van der Waals surface area contributed by atoms with Crippen molar-refractivity contribution in [1.29, 1.82) is 0 Å². The highest BCUT2D eigenvalue weighted by molar-refractivity contribution is 5.92. The fraction of sp³-hybridized carbons (Fsp3) is 0.250. The van der Waals surface area contributed by atoms with Gasteiger partial charge in [0.1, 0.15) is 0 Å². The van der Waals surface area contributed by atoms with E-state index in [0.29, 0.717) is 0 Å². The predicted octanol–water partition coefficient (Wildman–Crippen LogP) is 4.96. The van der Waals surface area contributed by atoms with Gasteiger partial charge in [-0.25, -0.2) is 4.39 Å². The number of benzene rings is 2. The molecule has 1 unspecified atom stereocenters. The first-order chi connectivity index (χ1) is 11.6. The van der Waals surface area contributed by atoms with Gasteiger partial charge in [0.15, 0.2) is 5.83 Å². The zero-order valence-electron chi connectivity index (χ0n) is 14.4. The molecule has 0 radical (unpaired) electrons. The second kappa shape index (κ2) is 8.29. The summed E-state index contributed by atoms with van der Waals surface area (Å²) in [4.78, 5) is 3.91. The van der Waals surface area contributed by atoms with Gasteiger partial charge in [-0.3, -0.25) is 4.99 Å². The van der Waals surface area contributed by atoms with Gasteiger partial charge >= 0.3 is 0 Å². The number of hydrogen-bond donors (Lipinski definition) is 0. The maximum Gasteiger partial charge on any atom is 0.254 e. The molecule has 2 aromatic carbocycles. The van der Waals surface area contributed by atoms with Crippen LogP contribution in [0.2, 0.25) is 0 Å². The zero-order valence-corrected chi connectivity index (χ0v) is 14.4. The van der Waals surface area contributed by atoms with Crippen LogP contribution >= 0.6 is 0 Å². The molecule has 0 saturated carbocycles. The molecule has 0 aliphatic carbocycles. The van der Waals surface area contributed by atoms with Crippen LogP contribution in [0.5, 0.6) is 0 Å². The number of nitrogens with zero attached hydrogens (tertiary/aromatic N) is 1. The fourth-order valence-electron chi connectivity index (χ4n) is 2.53. The van der Waals surface area contributed by atoms with Crippen molar-refractivity contribution in [3.8, 4) is 11.1 Å². The Morgan fingerprint density at radius 1 is 0.958 bits per heavy atom. The van der Waals surface area contributed by atoms with Crippen LogP contribution in [0.1, 0.15) is 18.4 Å². The molecule has 0 amide bonds. The van der Waals surface area contributed by atoms with Crippen LogP contribution in [0.3, 0.4) is 0 Å². The third-order valence-corrected chi connectivity index (χ3v) is 3.89. The third kappa shape index (κ3) is 3.82.